The molecular weight excluding hydrogens is 230 g/mol. The van der Waals surface area contributed by atoms with Gasteiger partial charge in [-0.15, -0.1) is 0 Å². The van der Waals surface area contributed by atoms with Crippen molar-refractivity contribution in [1.29, 1.82) is 5.26 Å². The van der Waals surface area contributed by atoms with Crippen LogP contribution in [-0.4, -0.2) is 35.4 Å². The van der Waals surface area contributed by atoms with E-state index in [4.69, 9.17) is 10.00 Å². The Labute approximate surface area is 105 Å². The Morgan fingerprint density at radius 3 is 2.78 bits per heavy atom. The van der Waals surface area contributed by atoms with Crippen molar-refractivity contribution in [3.05, 3.63) is 29.6 Å². The number of nitrogens with zero attached hydrogens (tertiary/aromatic N) is 2. The third-order valence-electron chi connectivity index (χ3n) is 3.68. The number of rotatable bonds is 1. The van der Waals surface area contributed by atoms with Crippen LogP contribution in [0, 0.1) is 11.3 Å². The standard InChI is InChI=1S/C13H15N3O2/c14-4-9-1-10(6-15-5-9)13(17)2-11-7-18-8-12(3-13)16-11/h1,5-6,11-12,16-17H,2-3,7-8H2. The molecule has 0 aliphatic carbocycles. The minimum Gasteiger partial charge on any atom is -0.385 e. The lowest BCUT2D eigenvalue weighted by Crippen LogP contribution is -2.58. The monoisotopic (exact) mass is 245 g/mol. The lowest BCUT2D eigenvalue weighted by molar-refractivity contribution is -0.0803. The van der Waals surface area contributed by atoms with Gasteiger partial charge in [-0.25, -0.2) is 0 Å². The number of nitrogens with one attached hydrogen (secondary N) is 1. The van der Waals surface area contributed by atoms with Crippen LogP contribution in [0.15, 0.2) is 18.5 Å². The SMILES string of the molecule is N#Cc1cncc(C2(O)CC3COCC(C2)N3)c1. The zero-order valence-corrected chi connectivity index (χ0v) is 9.97. The fraction of sp³-hybridized carbons (Fsp3) is 0.538. The second-order valence-corrected chi connectivity index (χ2v) is 5.11. The summed E-state index contributed by atoms with van der Waals surface area (Å²) in [6.45, 7) is 1.26. The fourth-order valence-electron chi connectivity index (χ4n) is 2.91. The lowest BCUT2D eigenvalue weighted by Gasteiger charge is -2.45. The molecule has 2 N–H and O–H groups in total. The van der Waals surface area contributed by atoms with Gasteiger partial charge in [0.2, 0.25) is 0 Å². The average Bonchev–Trinajstić information content (AvgIpc) is 2.38. The van der Waals surface area contributed by atoms with Gasteiger partial charge in [0, 0.05) is 30.0 Å². The van der Waals surface area contributed by atoms with Crippen LogP contribution in [0.5, 0.6) is 0 Å². The summed E-state index contributed by atoms with van der Waals surface area (Å²) < 4.78 is 5.47. The highest BCUT2D eigenvalue weighted by atomic mass is 16.5. The maximum atomic E-state index is 10.8. The summed E-state index contributed by atoms with van der Waals surface area (Å²) in [7, 11) is 0. The number of aromatic nitrogens is 1. The van der Waals surface area contributed by atoms with Crippen molar-refractivity contribution in [2.24, 2.45) is 0 Å². The first-order valence-electron chi connectivity index (χ1n) is 6.11. The number of nitriles is 1. The van der Waals surface area contributed by atoms with Crippen LogP contribution in [0.4, 0.5) is 0 Å². The molecule has 2 bridgehead atoms. The Morgan fingerprint density at radius 1 is 1.39 bits per heavy atom. The molecule has 2 fully saturated rings. The summed E-state index contributed by atoms with van der Waals surface area (Å²) in [4.78, 5) is 4.04. The summed E-state index contributed by atoms with van der Waals surface area (Å²) in [6, 6.07) is 4.14. The number of hydrogen-bond acceptors (Lipinski definition) is 5. The van der Waals surface area contributed by atoms with Crippen LogP contribution in [-0.2, 0) is 10.3 Å². The molecule has 0 spiro atoms. The van der Waals surface area contributed by atoms with Crippen molar-refractivity contribution >= 4 is 0 Å². The number of piperidine rings is 1. The van der Waals surface area contributed by atoms with E-state index < -0.39 is 5.60 Å². The topological polar surface area (TPSA) is 78.2 Å². The predicted molar refractivity (Wildman–Crippen MR) is 63.6 cm³/mol. The first-order chi connectivity index (χ1) is 8.69. The summed E-state index contributed by atoms with van der Waals surface area (Å²) in [5, 5.41) is 23.2. The van der Waals surface area contributed by atoms with E-state index in [1.54, 1.807) is 12.3 Å². The van der Waals surface area contributed by atoms with E-state index in [9.17, 15) is 5.11 Å². The summed E-state index contributed by atoms with van der Waals surface area (Å²) in [6.07, 6.45) is 4.36. The largest absolute Gasteiger partial charge is 0.385 e. The van der Waals surface area contributed by atoms with Gasteiger partial charge in [0.05, 0.1) is 24.4 Å². The number of ether oxygens (including phenoxy) is 1. The van der Waals surface area contributed by atoms with E-state index in [-0.39, 0.29) is 12.1 Å². The Balaban J connectivity index is 1.92. The molecule has 2 saturated heterocycles. The molecular formula is C13H15N3O2. The molecule has 1 aromatic rings. The first kappa shape index (κ1) is 11.6. The zero-order chi connectivity index (χ0) is 12.6. The Bertz CT molecular complexity index is 485. The second-order valence-electron chi connectivity index (χ2n) is 5.11. The molecule has 2 atom stereocenters. The van der Waals surface area contributed by atoms with Crippen LogP contribution in [0.1, 0.15) is 24.0 Å². The van der Waals surface area contributed by atoms with Gasteiger partial charge in [0.1, 0.15) is 6.07 Å². The second kappa shape index (κ2) is 4.32. The molecule has 5 heteroatoms. The summed E-state index contributed by atoms with van der Waals surface area (Å²) in [5.74, 6) is 0. The molecule has 0 amide bonds. The third kappa shape index (κ3) is 1.99. The predicted octanol–water partition coefficient (Wildman–Crippen LogP) is 0.292. The maximum absolute atomic E-state index is 10.8. The van der Waals surface area contributed by atoms with Crippen molar-refractivity contribution in [3.8, 4) is 6.07 Å². The van der Waals surface area contributed by atoms with E-state index in [2.05, 4.69) is 16.4 Å². The number of morpholine rings is 1. The highest BCUT2D eigenvalue weighted by Gasteiger charge is 2.42. The maximum Gasteiger partial charge on any atom is 0.101 e. The Kier molecular flexibility index (Phi) is 2.78. The van der Waals surface area contributed by atoms with Crippen LogP contribution < -0.4 is 5.32 Å². The van der Waals surface area contributed by atoms with E-state index in [1.165, 1.54) is 6.20 Å². The Morgan fingerprint density at radius 2 is 2.11 bits per heavy atom. The van der Waals surface area contributed by atoms with Gasteiger partial charge in [-0.05, 0) is 18.9 Å². The van der Waals surface area contributed by atoms with Gasteiger partial charge in [-0.2, -0.15) is 5.26 Å². The highest BCUT2D eigenvalue weighted by molar-refractivity contribution is 5.32. The minimum atomic E-state index is -0.899. The quantitative estimate of drug-likeness (QED) is 0.743. The number of aliphatic hydroxyl groups is 1. The van der Waals surface area contributed by atoms with Crippen molar-refractivity contribution < 1.29 is 9.84 Å². The number of hydrogen-bond donors (Lipinski definition) is 2. The smallest absolute Gasteiger partial charge is 0.101 e. The molecule has 5 nitrogen and oxygen atoms in total. The Hall–Kier alpha value is -1.48. The fourth-order valence-corrected chi connectivity index (χ4v) is 2.91. The molecule has 0 saturated carbocycles. The third-order valence-corrected chi connectivity index (χ3v) is 3.68. The zero-order valence-electron chi connectivity index (χ0n) is 9.97. The van der Waals surface area contributed by atoms with E-state index >= 15 is 0 Å². The summed E-state index contributed by atoms with van der Waals surface area (Å²) >= 11 is 0. The number of pyridine rings is 1. The molecule has 18 heavy (non-hydrogen) atoms. The summed E-state index contributed by atoms with van der Waals surface area (Å²) in [5.41, 5.74) is 0.324. The van der Waals surface area contributed by atoms with Crippen LogP contribution in [0.2, 0.25) is 0 Å². The molecule has 2 unspecified atom stereocenters. The van der Waals surface area contributed by atoms with Gasteiger partial charge in [0.15, 0.2) is 0 Å². The molecule has 0 aromatic carbocycles. The van der Waals surface area contributed by atoms with Gasteiger partial charge in [-0.1, -0.05) is 0 Å². The van der Waals surface area contributed by atoms with Gasteiger partial charge in [-0.3, -0.25) is 4.98 Å². The van der Waals surface area contributed by atoms with E-state index in [0.717, 1.165) is 5.56 Å². The van der Waals surface area contributed by atoms with E-state index in [1.807, 2.05) is 0 Å². The van der Waals surface area contributed by atoms with Crippen LogP contribution in [0.3, 0.4) is 0 Å². The van der Waals surface area contributed by atoms with Crippen LogP contribution >= 0.6 is 0 Å². The van der Waals surface area contributed by atoms with E-state index in [0.29, 0.717) is 31.6 Å². The first-order valence-corrected chi connectivity index (χ1v) is 6.11. The van der Waals surface area contributed by atoms with Crippen molar-refractivity contribution in [1.82, 2.24) is 10.3 Å². The van der Waals surface area contributed by atoms with Gasteiger partial charge < -0.3 is 15.2 Å². The molecule has 1 aromatic heterocycles. The molecule has 3 heterocycles. The van der Waals surface area contributed by atoms with Crippen LogP contribution in [0.25, 0.3) is 0 Å². The normalized spacial score (nSPS) is 34.9. The van der Waals surface area contributed by atoms with Crippen molar-refractivity contribution in [2.45, 2.75) is 30.5 Å². The molecule has 3 rings (SSSR count). The van der Waals surface area contributed by atoms with Crippen molar-refractivity contribution in [2.75, 3.05) is 13.2 Å². The minimum absolute atomic E-state index is 0.174. The number of fused-ring (bicyclic) bond motifs is 2. The molecule has 2 aliphatic heterocycles. The van der Waals surface area contributed by atoms with Gasteiger partial charge in [0.25, 0.3) is 0 Å². The van der Waals surface area contributed by atoms with Gasteiger partial charge >= 0.3 is 0 Å². The lowest BCUT2D eigenvalue weighted by atomic mass is 9.78. The molecule has 94 valence electrons. The molecule has 2 aliphatic rings. The molecule has 0 radical (unpaired) electrons. The van der Waals surface area contributed by atoms with Crippen molar-refractivity contribution in [3.63, 3.8) is 0 Å². The highest BCUT2D eigenvalue weighted by Crippen LogP contribution is 2.36. The average molecular weight is 245 g/mol.